The third-order valence-corrected chi connectivity index (χ3v) is 3.54. The minimum absolute atomic E-state index is 0.0749. The number of carbonyl (C=O) groups is 1. The van der Waals surface area contributed by atoms with Gasteiger partial charge in [-0.25, -0.2) is 0 Å². The van der Waals surface area contributed by atoms with Crippen molar-refractivity contribution in [2.75, 3.05) is 5.32 Å². The molecular weight excluding hydrogens is 250 g/mol. The summed E-state index contributed by atoms with van der Waals surface area (Å²) in [5.41, 5.74) is 2.88. The second kappa shape index (κ2) is 5.74. The van der Waals surface area contributed by atoms with Crippen LogP contribution in [0.15, 0.2) is 48.8 Å². The number of hydrogen-bond acceptors (Lipinski definition) is 2. The summed E-state index contributed by atoms with van der Waals surface area (Å²) in [6.07, 6.45) is 10.6. The van der Waals surface area contributed by atoms with Crippen molar-refractivity contribution < 1.29 is 4.79 Å². The zero-order valence-electron chi connectivity index (χ0n) is 11.2. The molecule has 3 rings (SSSR count). The van der Waals surface area contributed by atoms with Crippen LogP contribution in [0.4, 0.5) is 5.69 Å². The molecule has 1 amide bonds. The normalized spacial score (nSPS) is 17.3. The molecule has 1 aromatic carbocycles. The fourth-order valence-electron chi connectivity index (χ4n) is 2.50. The first-order valence-corrected chi connectivity index (χ1v) is 6.87. The second-order valence-corrected chi connectivity index (χ2v) is 5.09. The van der Waals surface area contributed by atoms with Crippen LogP contribution in [0, 0.1) is 5.92 Å². The molecule has 2 N–H and O–H groups in total. The molecule has 20 heavy (non-hydrogen) atoms. The summed E-state index contributed by atoms with van der Waals surface area (Å²) in [5.74, 6) is 0.470. The smallest absolute Gasteiger partial charge is 0.224 e. The fraction of sp³-hybridized carbons (Fsp3) is 0.250. The van der Waals surface area contributed by atoms with Gasteiger partial charge in [-0.1, -0.05) is 24.3 Å². The van der Waals surface area contributed by atoms with Crippen LogP contribution in [0.2, 0.25) is 0 Å². The highest BCUT2D eigenvalue weighted by Crippen LogP contribution is 2.23. The highest BCUT2D eigenvalue weighted by Gasteiger charge is 2.14. The van der Waals surface area contributed by atoms with E-state index in [-0.39, 0.29) is 5.91 Å². The zero-order valence-corrected chi connectivity index (χ0v) is 11.2. The molecule has 0 radical (unpaired) electrons. The fourth-order valence-corrected chi connectivity index (χ4v) is 2.50. The number of hydrogen-bond donors (Lipinski definition) is 2. The molecule has 1 heterocycles. The maximum Gasteiger partial charge on any atom is 0.224 e. The lowest BCUT2D eigenvalue weighted by atomic mass is 10.0. The van der Waals surface area contributed by atoms with Gasteiger partial charge in [-0.15, -0.1) is 0 Å². The second-order valence-electron chi connectivity index (χ2n) is 5.09. The molecule has 0 aliphatic heterocycles. The number of anilines is 1. The monoisotopic (exact) mass is 267 g/mol. The van der Waals surface area contributed by atoms with E-state index in [4.69, 9.17) is 0 Å². The Hall–Kier alpha value is -2.36. The van der Waals surface area contributed by atoms with Gasteiger partial charge in [0.05, 0.1) is 6.20 Å². The van der Waals surface area contributed by atoms with Gasteiger partial charge in [0.15, 0.2) is 0 Å². The van der Waals surface area contributed by atoms with Gasteiger partial charge in [0.1, 0.15) is 0 Å². The summed E-state index contributed by atoms with van der Waals surface area (Å²) in [6, 6.07) is 7.81. The van der Waals surface area contributed by atoms with Crippen LogP contribution in [0.25, 0.3) is 11.1 Å². The van der Waals surface area contributed by atoms with Crippen LogP contribution in [0.5, 0.6) is 0 Å². The lowest BCUT2D eigenvalue weighted by Gasteiger charge is -2.09. The number of nitrogens with zero attached hydrogens (tertiary/aromatic N) is 1. The van der Waals surface area contributed by atoms with Crippen LogP contribution < -0.4 is 5.32 Å². The standard InChI is InChI=1S/C16H17N3O/c20-16(8-12-4-1-2-5-12)19-15-7-3-6-13(9-15)14-10-17-18-11-14/h1,3-4,6-7,9-12H,2,5,8H2,(H,17,18)(H,19,20)/t12-/m1/s1. The Balaban J connectivity index is 1.66. The van der Waals surface area contributed by atoms with Crippen LogP contribution in [-0.4, -0.2) is 16.1 Å². The molecule has 4 heteroatoms. The van der Waals surface area contributed by atoms with Crippen molar-refractivity contribution in [2.24, 2.45) is 5.92 Å². The average Bonchev–Trinajstić information content (AvgIpc) is 3.11. The van der Waals surface area contributed by atoms with Gasteiger partial charge >= 0.3 is 0 Å². The first-order chi connectivity index (χ1) is 9.81. The van der Waals surface area contributed by atoms with Crippen molar-refractivity contribution in [2.45, 2.75) is 19.3 Å². The molecular formula is C16H17N3O. The van der Waals surface area contributed by atoms with Crippen LogP contribution >= 0.6 is 0 Å². The van der Waals surface area contributed by atoms with Crippen molar-refractivity contribution in [3.05, 3.63) is 48.8 Å². The maximum atomic E-state index is 12.0. The molecule has 4 nitrogen and oxygen atoms in total. The molecule has 0 fully saturated rings. The summed E-state index contributed by atoms with van der Waals surface area (Å²) in [5, 5.41) is 9.70. The Labute approximate surface area is 117 Å². The van der Waals surface area contributed by atoms with E-state index in [1.165, 1.54) is 0 Å². The van der Waals surface area contributed by atoms with Crippen molar-refractivity contribution in [3.63, 3.8) is 0 Å². The van der Waals surface area contributed by atoms with E-state index in [1.807, 2.05) is 30.5 Å². The molecule has 1 aromatic heterocycles. The third-order valence-electron chi connectivity index (χ3n) is 3.54. The topological polar surface area (TPSA) is 57.8 Å². The number of rotatable bonds is 4. The van der Waals surface area contributed by atoms with E-state index < -0.39 is 0 Å². The molecule has 0 saturated carbocycles. The zero-order chi connectivity index (χ0) is 13.8. The molecule has 0 unspecified atom stereocenters. The van der Waals surface area contributed by atoms with Crippen LogP contribution in [0.3, 0.4) is 0 Å². The van der Waals surface area contributed by atoms with Crippen LogP contribution in [0.1, 0.15) is 19.3 Å². The number of allylic oxidation sites excluding steroid dienone is 2. The molecule has 1 aliphatic rings. The van der Waals surface area contributed by atoms with E-state index in [2.05, 4.69) is 27.7 Å². The van der Waals surface area contributed by atoms with Gasteiger partial charge in [-0.05, 0) is 36.5 Å². The Bertz CT molecular complexity index is 616. The lowest BCUT2D eigenvalue weighted by molar-refractivity contribution is -0.116. The summed E-state index contributed by atoms with van der Waals surface area (Å²) in [7, 11) is 0. The van der Waals surface area contributed by atoms with Gasteiger partial charge in [-0.3, -0.25) is 9.89 Å². The molecule has 102 valence electrons. The van der Waals surface area contributed by atoms with E-state index in [0.717, 1.165) is 29.7 Å². The number of aromatic amines is 1. The Morgan fingerprint density at radius 3 is 3.10 bits per heavy atom. The number of aromatic nitrogens is 2. The lowest BCUT2D eigenvalue weighted by Crippen LogP contribution is -2.14. The molecule has 2 aromatic rings. The van der Waals surface area contributed by atoms with Gasteiger partial charge in [-0.2, -0.15) is 5.10 Å². The highest BCUT2D eigenvalue weighted by molar-refractivity contribution is 5.91. The first kappa shape index (κ1) is 12.7. The number of nitrogens with one attached hydrogen (secondary N) is 2. The highest BCUT2D eigenvalue weighted by atomic mass is 16.1. The van der Waals surface area contributed by atoms with Crippen molar-refractivity contribution >= 4 is 11.6 Å². The summed E-state index contributed by atoms with van der Waals surface area (Å²) in [6.45, 7) is 0. The van der Waals surface area contributed by atoms with E-state index >= 15 is 0 Å². The average molecular weight is 267 g/mol. The van der Waals surface area contributed by atoms with Crippen molar-refractivity contribution in [1.29, 1.82) is 0 Å². The largest absolute Gasteiger partial charge is 0.326 e. The SMILES string of the molecule is O=C(C[C@@H]1C=CCC1)Nc1cccc(-c2cn[nH]c2)c1. The van der Waals surface area contributed by atoms with Crippen molar-refractivity contribution in [1.82, 2.24) is 10.2 Å². The minimum Gasteiger partial charge on any atom is -0.326 e. The molecule has 1 aliphatic carbocycles. The Morgan fingerprint density at radius 1 is 1.40 bits per heavy atom. The summed E-state index contributed by atoms with van der Waals surface area (Å²) in [4.78, 5) is 12.0. The predicted octanol–water partition coefficient (Wildman–Crippen LogP) is 3.37. The number of amides is 1. The molecule has 0 bridgehead atoms. The van der Waals surface area contributed by atoms with E-state index in [9.17, 15) is 4.79 Å². The van der Waals surface area contributed by atoms with Crippen molar-refractivity contribution in [3.8, 4) is 11.1 Å². The predicted molar refractivity (Wildman–Crippen MR) is 79.1 cm³/mol. The molecule has 0 spiro atoms. The third kappa shape index (κ3) is 2.96. The first-order valence-electron chi connectivity index (χ1n) is 6.87. The van der Waals surface area contributed by atoms with Gasteiger partial charge in [0, 0.05) is 23.9 Å². The number of H-pyrrole nitrogens is 1. The van der Waals surface area contributed by atoms with Gasteiger partial charge < -0.3 is 5.32 Å². The summed E-state index contributed by atoms with van der Waals surface area (Å²) < 4.78 is 0. The van der Waals surface area contributed by atoms with E-state index in [0.29, 0.717) is 12.3 Å². The van der Waals surface area contributed by atoms with E-state index in [1.54, 1.807) is 6.20 Å². The van der Waals surface area contributed by atoms with Crippen LogP contribution in [-0.2, 0) is 4.79 Å². The number of benzene rings is 1. The minimum atomic E-state index is 0.0749. The Kier molecular flexibility index (Phi) is 3.63. The quantitative estimate of drug-likeness (QED) is 0.834. The maximum absolute atomic E-state index is 12.0. The Morgan fingerprint density at radius 2 is 2.35 bits per heavy atom. The molecule has 1 atom stereocenters. The van der Waals surface area contributed by atoms with Gasteiger partial charge in [0.25, 0.3) is 0 Å². The number of carbonyl (C=O) groups excluding carboxylic acids is 1. The summed E-state index contributed by atoms with van der Waals surface area (Å²) >= 11 is 0. The van der Waals surface area contributed by atoms with Gasteiger partial charge in [0.2, 0.25) is 5.91 Å². The molecule has 0 saturated heterocycles.